The second kappa shape index (κ2) is 5.13. The first-order valence-electron chi connectivity index (χ1n) is 7.63. The fraction of sp³-hybridized carbons (Fsp3) is 0.263. The molecule has 2 aliphatic rings. The van der Waals surface area contributed by atoms with Crippen LogP contribution in [-0.2, 0) is 0 Å². The average molecular weight is 314 g/mol. The summed E-state index contributed by atoms with van der Waals surface area (Å²) in [5, 5.41) is 4.32. The zero-order valence-corrected chi connectivity index (χ0v) is 13.1. The number of hydrogen-bond acceptors (Lipinski definition) is 1. The molecule has 112 valence electrons. The Balaban J connectivity index is 1.87. The van der Waals surface area contributed by atoms with Crippen molar-refractivity contribution >= 4 is 17.3 Å². The first-order valence-corrected chi connectivity index (χ1v) is 8.01. The molecule has 22 heavy (non-hydrogen) atoms. The van der Waals surface area contributed by atoms with E-state index in [4.69, 9.17) is 11.6 Å². The molecule has 0 unspecified atom stereocenters. The van der Waals surface area contributed by atoms with Crippen LogP contribution in [0.3, 0.4) is 0 Å². The molecule has 1 N–H and O–H groups in total. The summed E-state index contributed by atoms with van der Waals surface area (Å²) in [4.78, 5) is 0. The van der Waals surface area contributed by atoms with E-state index in [-0.39, 0.29) is 11.9 Å². The third-order valence-corrected chi connectivity index (χ3v) is 5.38. The monoisotopic (exact) mass is 313 g/mol. The van der Waals surface area contributed by atoms with Crippen molar-refractivity contribution in [2.24, 2.45) is 5.92 Å². The Labute approximate surface area is 134 Å². The van der Waals surface area contributed by atoms with Crippen LogP contribution in [0.4, 0.5) is 10.1 Å². The van der Waals surface area contributed by atoms with Crippen LogP contribution in [-0.4, -0.2) is 0 Å². The van der Waals surface area contributed by atoms with Crippen molar-refractivity contribution in [1.29, 1.82) is 0 Å². The maximum absolute atomic E-state index is 14.3. The van der Waals surface area contributed by atoms with Crippen LogP contribution >= 0.6 is 11.6 Å². The van der Waals surface area contributed by atoms with Gasteiger partial charge in [-0.2, -0.15) is 0 Å². The van der Waals surface area contributed by atoms with Crippen molar-refractivity contribution in [3.63, 3.8) is 0 Å². The molecule has 1 nitrogen and oxygen atoms in total. The average Bonchev–Trinajstić information content (AvgIpc) is 3.00. The highest BCUT2D eigenvalue weighted by Crippen LogP contribution is 2.51. The van der Waals surface area contributed by atoms with Gasteiger partial charge in [-0.1, -0.05) is 48.0 Å². The highest BCUT2D eigenvalue weighted by Gasteiger charge is 2.39. The fourth-order valence-electron chi connectivity index (χ4n) is 3.82. The van der Waals surface area contributed by atoms with Crippen molar-refractivity contribution in [1.82, 2.24) is 0 Å². The van der Waals surface area contributed by atoms with E-state index in [1.165, 1.54) is 11.6 Å². The molecule has 0 fully saturated rings. The van der Waals surface area contributed by atoms with Gasteiger partial charge in [0.25, 0.3) is 0 Å². The molecule has 2 aromatic carbocycles. The third-order valence-electron chi connectivity index (χ3n) is 4.97. The van der Waals surface area contributed by atoms with Gasteiger partial charge in [-0.15, -0.1) is 0 Å². The van der Waals surface area contributed by atoms with Crippen LogP contribution in [0.15, 0.2) is 48.6 Å². The van der Waals surface area contributed by atoms with E-state index in [0.29, 0.717) is 11.8 Å². The lowest BCUT2D eigenvalue weighted by Gasteiger charge is -2.38. The molecular weight excluding hydrogens is 297 g/mol. The van der Waals surface area contributed by atoms with Gasteiger partial charge in [0.15, 0.2) is 0 Å². The van der Waals surface area contributed by atoms with E-state index in [1.807, 2.05) is 25.1 Å². The van der Waals surface area contributed by atoms with Crippen molar-refractivity contribution in [3.05, 3.63) is 76.1 Å². The highest BCUT2D eigenvalue weighted by molar-refractivity contribution is 6.31. The zero-order chi connectivity index (χ0) is 15.3. The number of fused-ring (bicyclic) bond motifs is 3. The number of rotatable bonds is 1. The van der Waals surface area contributed by atoms with E-state index in [1.54, 1.807) is 6.07 Å². The standard InChI is InChI=1S/C19H17ClFN/c1-11-16(20)10-9-14-12-6-4-7-13(12)19(22-18(11)14)15-5-2-3-8-17(15)21/h2-6,8-10,12-13,19,22H,7H2,1H3/t12-,13-,19+/m1/s1. The first-order chi connectivity index (χ1) is 10.7. The molecule has 1 heterocycles. The minimum Gasteiger partial charge on any atom is -0.377 e. The molecule has 3 heteroatoms. The maximum atomic E-state index is 14.3. The zero-order valence-electron chi connectivity index (χ0n) is 12.3. The van der Waals surface area contributed by atoms with Crippen LogP contribution in [0.5, 0.6) is 0 Å². The number of anilines is 1. The van der Waals surface area contributed by atoms with Crippen LogP contribution in [0, 0.1) is 18.7 Å². The summed E-state index contributed by atoms with van der Waals surface area (Å²) in [5.41, 5.74) is 4.12. The lowest BCUT2D eigenvalue weighted by Crippen LogP contribution is -2.30. The summed E-state index contributed by atoms with van der Waals surface area (Å²) >= 11 is 6.28. The van der Waals surface area contributed by atoms with E-state index in [9.17, 15) is 4.39 Å². The lowest BCUT2D eigenvalue weighted by atomic mass is 9.76. The van der Waals surface area contributed by atoms with E-state index < -0.39 is 0 Å². The largest absolute Gasteiger partial charge is 0.377 e. The topological polar surface area (TPSA) is 12.0 Å². The molecular formula is C19H17ClFN. The Morgan fingerprint density at radius 3 is 2.77 bits per heavy atom. The summed E-state index contributed by atoms with van der Waals surface area (Å²) in [6.07, 6.45) is 5.44. The number of nitrogens with one attached hydrogen (secondary N) is 1. The highest BCUT2D eigenvalue weighted by atomic mass is 35.5. The summed E-state index contributed by atoms with van der Waals surface area (Å²) in [6, 6.07) is 11.1. The molecule has 0 radical (unpaired) electrons. The quantitative estimate of drug-likeness (QED) is 0.674. The summed E-state index contributed by atoms with van der Waals surface area (Å²) in [7, 11) is 0. The van der Waals surface area contributed by atoms with Gasteiger partial charge in [0, 0.05) is 22.2 Å². The Morgan fingerprint density at radius 1 is 1.14 bits per heavy atom. The summed E-state index contributed by atoms with van der Waals surface area (Å²) < 4.78 is 14.3. The van der Waals surface area contributed by atoms with Gasteiger partial charge >= 0.3 is 0 Å². The SMILES string of the molecule is Cc1c(Cl)ccc2c1N[C@H](c1ccccc1F)[C@@H]1CC=C[C@@H]21. The third kappa shape index (κ3) is 1.98. The van der Waals surface area contributed by atoms with E-state index >= 15 is 0 Å². The Kier molecular flexibility index (Phi) is 3.23. The van der Waals surface area contributed by atoms with Gasteiger partial charge in [-0.25, -0.2) is 4.39 Å². The van der Waals surface area contributed by atoms with Crippen molar-refractivity contribution < 1.29 is 4.39 Å². The molecule has 4 rings (SSSR count). The molecule has 1 aliphatic heterocycles. The van der Waals surface area contributed by atoms with Crippen LogP contribution < -0.4 is 5.32 Å². The normalized spacial score (nSPS) is 25.5. The molecule has 0 aromatic heterocycles. The lowest BCUT2D eigenvalue weighted by molar-refractivity contribution is 0.413. The van der Waals surface area contributed by atoms with Gasteiger partial charge < -0.3 is 5.32 Å². The minimum atomic E-state index is -0.145. The van der Waals surface area contributed by atoms with Gasteiger partial charge in [0.2, 0.25) is 0 Å². The van der Waals surface area contributed by atoms with Gasteiger partial charge in [-0.3, -0.25) is 0 Å². The van der Waals surface area contributed by atoms with Crippen LogP contribution in [0.25, 0.3) is 0 Å². The summed E-state index contributed by atoms with van der Waals surface area (Å²) in [6.45, 7) is 2.02. The van der Waals surface area contributed by atoms with Gasteiger partial charge in [0.1, 0.15) is 5.82 Å². The smallest absolute Gasteiger partial charge is 0.128 e. The second-order valence-electron chi connectivity index (χ2n) is 6.13. The molecule has 1 aliphatic carbocycles. The molecule has 0 saturated heterocycles. The van der Waals surface area contributed by atoms with Crippen LogP contribution in [0.1, 0.15) is 35.1 Å². The predicted octanol–water partition coefficient (Wildman–Crippen LogP) is 5.61. The molecule has 2 aromatic rings. The molecule has 0 saturated carbocycles. The number of hydrogen-bond donors (Lipinski definition) is 1. The van der Waals surface area contributed by atoms with Gasteiger partial charge in [-0.05, 0) is 42.5 Å². The Bertz CT molecular complexity index is 768. The van der Waals surface area contributed by atoms with Gasteiger partial charge in [0.05, 0.1) is 6.04 Å². The molecule has 3 atom stereocenters. The fourth-order valence-corrected chi connectivity index (χ4v) is 3.98. The van der Waals surface area contributed by atoms with E-state index in [0.717, 1.165) is 28.3 Å². The number of allylic oxidation sites excluding steroid dienone is 2. The van der Waals surface area contributed by atoms with Crippen molar-refractivity contribution in [2.45, 2.75) is 25.3 Å². The van der Waals surface area contributed by atoms with E-state index in [2.05, 4.69) is 23.5 Å². The number of benzene rings is 2. The van der Waals surface area contributed by atoms with Crippen LogP contribution in [0.2, 0.25) is 5.02 Å². The number of halogens is 2. The molecule has 0 spiro atoms. The van der Waals surface area contributed by atoms with Crippen molar-refractivity contribution in [2.75, 3.05) is 5.32 Å². The minimum absolute atomic E-state index is 0.0223. The first kappa shape index (κ1) is 13.8. The predicted molar refractivity (Wildman–Crippen MR) is 88.9 cm³/mol. The molecule has 0 bridgehead atoms. The van der Waals surface area contributed by atoms with Crippen molar-refractivity contribution in [3.8, 4) is 0 Å². The molecule has 0 amide bonds. The Morgan fingerprint density at radius 2 is 1.95 bits per heavy atom. The Hall–Kier alpha value is -1.80. The second-order valence-corrected chi connectivity index (χ2v) is 6.54. The maximum Gasteiger partial charge on any atom is 0.128 e. The summed E-state index contributed by atoms with van der Waals surface area (Å²) in [5.74, 6) is 0.538.